The lowest BCUT2D eigenvalue weighted by atomic mass is 10.4. The summed E-state index contributed by atoms with van der Waals surface area (Å²) >= 11 is 0. The fourth-order valence-electron chi connectivity index (χ4n) is 1.03. The minimum atomic E-state index is -0.879. The molecular weight excluding hydrogens is 238 g/mol. The highest BCUT2D eigenvalue weighted by Crippen LogP contribution is 2.32. The van der Waals surface area contributed by atoms with E-state index >= 15 is 0 Å². The lowest BCUT2D eigenvalue weighted by Crippen LogP contribution is -1.99. The minimum absolute atomic E-state index is 0.0856. The highest BCUT2D eigenvalue weighted by Gasteiger charge is 2.32. The van der Waals surface area contributed by atoms with E-state index in [2.05, 4.69) is 31.0 Å². The predicted molar refractivity (Wildman–Crippen MR) is 49.4 cm³/mol. The molecule has 0 bridgehead atoms. The predicted octanol–water partition coefficient (Wildman–Crippen LogP) is -0.517. The zero-order valence-electron chi connectivity index (χ0n) is 7.82. The number of anilines is 2. The number of rotatable bonds is 4. The van der Waals surface area contributed by atoms with Crippen LogP contribution < -0.4 is 5.32 Å². The van der Waals surface area contributed by atoms with Gasteiger partial charge in [0.05, 0.1) is 0 Å². The average molecular weight is 241 g/mol. The maximum atomic E-state index is 10.6. The molecule has 0 aliphatic carbocycles. The first-order valence-electron chi connectivity index (χ1n) is 3.97. The molecule has 2 heterocycles. The van der Waals surface area contributed by atoms with Crippen LogP contribution in [0.2, 0.25) is 0 Å². The van der Waals surface area contributed by atoms with Gasteiger partial charge in [0.1, 0.15) is 5.10 Å². The largest absolute Gasteiger partial charge is 0.444 e. The zero-order chi connectivity index (χ0) is 12.4. The van der Waals surface area contributed by atoms with Crippen molar-refractivity contribution in [2.45, 2.75) is 0 Å². The van der Waals surface area contributed by atoms with Crippen LogP contribution in [0.3, 0.4) is 0 Å². The van der Waals surface area contributed by atoms with E-state index in [1.54, 1.807) is 0 Å². The molecular formula is C4H3N9O4. The van der Waals surface area contributed by atoms with Crippen molar-refractivity contribution in [3.05, 3.63) is 20.2 Å². The van der Waals surface area contributed by atoms with Gasteiger partial charge in [0.25, 0.3) is 0 Å². The number of aromatic amines is 2. The minimum Gasteiger partial charge on any atom is -0.358 e. The van der Waals surface area contributed by atoms with E-state index in [0.29, 0.717) is 0 Å². The SMILES string of the molecule is O=[N+]([O-])c1n[nH]c([N+](=O)[O-])c1Nc1nnn[nH]1. The molecule has 0 saturated heterocycles. The van der Waals surface area contributed by atoms with Crippen molar-refractivity contribution in [1.82, 2.24) is 30.8 Å². The number of hydrogen-bond acceptors (Lipinski definition) is 9. The van der Waals surface area contributed by atoms with Crippen LogP contribution in [-0.4, -0.2) is 40.7 Å². The Balaban J connectivity index is 2.44. The molecule has 17 heavy (non-hydrogen) atoms. The number of hydrogen-bond donors (Lipinski definition) is 3. The average Bonchev–Trinajstić information content (AvgIpc) is 2.86. The van der Waals surface area contributed by atoms with Gasteiger partial charge in [0, 0.05) is 0 Å². The molecule has 0 amide bonds. The summed E-state index contributed by atoms with van der Waals surface area (Å²) in [6, 6.07) is 0. The number of nitrogens with one attached hydrogen (secondary N) is 3. The van der Waals surface area contributed by atoms with Gasteiger partial charge in [-0.05, 0) is 25.4 Å². The van der Waals surface area contributed by atoms with Gasteiger partial charge in [-0.25, -0.2) is 5.10 Å². The summed E-state index contributed by atoms with van der Waals surface area (Å²) in [6.45, 7) is 0. The summed E-state index contributed by atoms with van der Waals surface area (Å²) < 4.78 is 0. The third-order valence-corrected chi connectivity index (χ3v) is 1.67. The highest BCUT2D eigenvalue weighted by molar-refractivity contribution is 5.72. The van der Waals surface area contributed by atoms with Gasteiger partial charge >= 0.3 is 11.6 Å². The van der Waals surface area contributed by atoms with E-state index in [-0.39, 0.29) is 5.95 Å². The number of aromatic nitrogens is 6. The summed E-state index contributed by atoms with van der Waals surface area (Å²) in [5.74, 6) is -1.47. The van der Waals surface area contributed by atoms with Gasteiger partial charge in [-0.3, -0.25) is 0 Å². The first-order chi connectivity index (χ1) is 8.09. The quantitative estimate of drug-likeness (QED) is 0.468. The number of nitro groups is 2. The van der Waals surface area contributed by atoms with Crippen molar-refractivity contribution >= 4 is 23.3 Å². The van der Waals surface area contributed by atoms with Crippen molar-refractivity contribution in [3.63, 3.8) is 0 Å². The molecule has 0 saturated carbocycles. The molecule has 2 rings (SSSR count). The van der Waals surface area contributed by atoms with Gasteiger partial charge in [-0.1, -0.05) is 5.10 Å². The second-order valence-corrected chi connectivity index (χ2v) is 2.66. The van der Waals surface area contributed by atoms with Crippen molar-refractivity contribution < 1.29 is 9.85 Å². The summed E-state index contributed by atoms with van der Waals surface area (Å²) in [5, 5.41) is 40.6. The molecule has 2 aromatic heterocycles. The molecule has 0 unspecified atom stereocenters. The topological polar surface area (TPSA) is 181 Å². The van der Waals surface area contributed by atoms with Gasteiger partial charge in [-0.15, -0.1) is 0 Å². The van der Waals surface area contributed by atoms with Gasteiger partial charge in [0.15, 0.2) is 0 Å². The molecule has 0 aromatic carbocycles. The molecule has 88 valence electrons. The molecule has 0 atom stereocenters. The smallest absolute Gasteiger partial charge is 0.358 e. The van der Waals surface area contributed by atoms with E-state index in [4.69, 9.17) is 0 Å². The molecule has 0 aliphatic rings. The van der Waals surface area contributed by atoms with Gasteiger partial charge in [0.2, 0.25) is 11.6 Å². The van der Waals surface area contributed by atoms with Crippen LogP contribution in [-0.2, 0) is 0 Å². The van der Waals surface area contributed by atoms with Crippen LogP contribution in [0.15, 0.2) is 0 Å². The van der Waals surface area contributed by atoms with Crippen LogP contribution in [0.4, 0.5) is 23.3 Å². The molecule has 2 aromatic rings. The third-order valence-electron chi connectivity index (χ3n) is 1.67. The summed E-state index contributed by atoms with van der Waals surface area (Å²) in [4.78, 5) is 19.4. The van der Waals surface area contributed by atoms with Gasteiger partial charge in [-0.2, -0.15) is 0 Å². The fourth-order valence-corrected chi connectivity index (χ4v) is 1.03. The van der Waals surface area contributed by atoms with Crippen molar-refractivity contribution in [2.24, 2.45) is 0 Å². The first kappa shape index (κ1) is 10.4. The Labute approximate surface area is 90.5 Å². The number of tetrazole rings is 1. The van der Waals surface area contributed by atoms with Crippen LogP contribution in [0.5, 0.6) is 0 Å². The van der Waals surface area contributed by atoms with Crippen molar-refractivity contribution in [2.75, 3.05) is 5.32 Å². The Bertz CT molecular complexity index is 526. The van der Waals surface area contributed by atoms with Crippen molar-refractivity contribution in [3.8, 4) is 0 Å². The Morgan fingerprint density at radius 1 is 1.18 bits per heavy atom. The summed E-state index contributed by atoms with van der Waals surface area (Å²) in [6.07, 6.45) is 0. The molecule has 13 nitrogen and oxygen atoms in total. The van der Waals surface area contributed by atoms with E-state index in [1.165, 1.54) is 0 Å². The maximum Gasteiger partial charge on any atom is 0.444 e. The van der Waals surface area contributed by atoms with E-state index in [1.807, 2.05) is 5.10 Å². The van der Waals surface area contributed by atoms with Crippen LogP contribution >= 0.6 is 0 Å². The zero-order valence-corrected chi connectivity index (χ0v) is 7.82. The molecule has 0 spiro atoms. The van der Waals surface area contributed by atoms with E-state index in [9.17, 15) is 20.2 Å². The Hall–Kier alpha value is -3.12. The van der Waals surface area contributed by atoms with E-state index < -0.39 is 27.2 Å². The second-order valence-electron chi connectivity index (χ2n) is 2.66. The van der Waals surface area contributed by atoms with Crippen LogP contribution in [0, 0.1) is 20.2 Å². The molecule has 0 aliphatic heterocycles. The monoisotopic (exact) mass is 241 g/mol. The lowest BCUT2D eigenvalue weighted by molar-refractivity contribution is -0.392. The molecule has 13 heteroatoms. The molecule has 0 fully saturated rings. The first-order valence-corrected chi connectivity index (χ1v) is 3.97. The normalized spacial score (nSPS) is 10.1. The van der Waals surface area contributed by atoms with Crippen molar-refractivity contribution in [1.29, 1.82) is 0 Å². The summed E-state index contributed by atoms with van der Waals surface area (Å²) in [5.41, 5.74) is -0.432. The van der Waals surface area contributed by atoms with Crippen LogP contribution in [0.1, 0.15) is 0 Å². The number of nitrogens with zero attached hydrogens (tertiary/aromatic N) is 6. The maximum absolute atomic E-state index is 10.6. The summed E-state index contributed by atoms with van der Waals surface area (Å²) in [7, 11) is 0. The van der Waals surface area contributed by atoms with E-state index in [0.717, 1.165) is 0 Å². The Kier molecular flexibility index (Phi) is 2.32. The lowest BCUT2D eigenvalue weighted by Gasteiger charge is -1.97. The Morgan fingerprint density at radius 2 is 1.94 bits per heavy atom. The third kappa shape index (κ3) is 1.83. The Morgan fingerprint density at radius 3 is 2.47 bits per heavy atom. The van der Waals surface area contributed by atoms with Crippen LogP contribution in [0.25, 0.3) is 0 Å². The highest BCUT2D eigenvalue weighted by atomic mass is 16.6. The second kappa shape index (κ2) is 3.80. The standard InChI is InChI=1S/C4H3N9O4/c14-12(15)2-1(3(7-6-2)13(16)17)5-4-8-10-11-9-4/h(H,6,7)(H2,5,8,9,10,11). The van der Waals surface area contributed by atoms with Gasteiger partial charge < -0.3 is 25.5 Å². The number of H-pyrrole nitrogens is 2. The molecule has 3 N–H and O–H groups in total. The molecule has 0 radical (unpaired) electrons. The fraction of sp³-hybridized carbons (Fsp3) is 0.